The molecule has 1 saturated carbocycles. The van der Waals surface area contributed by atoms with Gasteiger partial charge in [0.15, 0.2) is 5.78 Å². The Bertz CT molecular complexity index is 1770. The van der Waals surface area contributed by atoms with Crippen LogP contribution in [0.2, 0.25) is 5.04 Å². The van der Waals surface area contributed by atoms with Gasteiger partial charge in [0.05, 0.1) is 11.2 Å². The second-order valence-electron chi connectivity index (χ2n) is 13.3. The molecule has 0 saturated heterocycles. The maximum absolute atomic E-state index is 13.8. The summed E-state index contributed by atoms with van der Waals surface area (Å²) in [4.78, 5) is 30.4. The smallest absolute Gasteiger partial charge is 0.261 e. The van der Waals surface area contributed by atoms with Gasteiger partial charge in [0, 0.05) is 35.6 Å². The van der Waals surface area contributed by atoms with Crippen LogP contribution >= 0.6 is 0 Å². The quantitative estimate of drug-likeness (QED) is 0.133. The molecule has 1 fully saturated rings. The molecular weight excluding hydrogens is 573 g/mol. The zero-order chi connectivity index (χ0) is 31.7. The summed E-state index contributed by atoms with van der Waals surface area (Å²) in [6.07, 6.45) is 2.88. The maximum atomic E-state index is 13.8. The highest BCUT2D eigenvalue weighted by Crippen LogP contribution is 2.57. The van der Waals surface area contributed by atoms with E-state index in [4.69, 9.17) is 4.43 Å². The average molecular weight is 613 g/mol. The Morgan fingerprint density at radius 3 is 2.07 bits per heavy atom. The number of Topliss-reactive ketones (excluding diaryl/α,β-unsaturated/α-hetero) is 1. The molecule has 45 heavy (non-hydrogen) atoms. The minimum absolute atomic E-state index is 0.0270. The first-order valence-corrected chi connectivity index (χ1v) is 17.5. The number of rotatable bonds is 10. The fourth-order valence-electron chi connectivity index (χ4n) is 6.98. The number of amides is 1. The van der Waals surface area contributed by atoms with Crippen molar-refractivity contribution in [3.63, 3.8) is 0 Å². The van der Waals surface area contributed by atoms with Crippen molar-refractivity contribution in [2.24, 2.45) is 5.92 Å². The lowest BCUT2D eigenvalue weighted by molar-refractivity contribution is -0.116. The summed E-state index contributed by atoms with van der Waals surface area (Å²) >= 11 is 0. The number of nitrogens with one attached hydrogen (secondary N) is 1. The van der Waals surface area contributed by atoms with Crippen LogP contribution in [0, 0.1) is 5.92 Å². The van der Waals surface area contributed by atoms with Crippen molar-refractivity contribution in [3.05, 3.63) is 133 Å². The Morgan fingerprint density at radius 1 is 0.844 bits per heavy atom. The highest BCUT2D eigenvalue weighted by molar-refractivity contribution is 6.99. The van der Waals surface area contributed by atoms with Crippen LogP contribution in [-0.2, 0) is 14.6 Å². The largest absolute Gasteiger partial charge is 0.407 e. The van der Waals surface area contributed by atoms with Gasteiger partial charge in [0.25, 0.3) is 8.32 Å². The Labute approximate surface area is 266 Å². The predicted molar refractivity (Wildman–Crippen MR) is 185 cm³/mol. The summed E-state index contributed by atoms with van der Waals surface area (Å²) in [6, 6.07) is 38.8. The molecule has 0 unspecified atom stereocenters. The SMILES string of the molecule is CC(=O)c1ccc([C@]2(CC(=O)Nc3cccc4cccnc34)C[C@H]2CO[Si](c2ccccc2)(c2ccccc2)C(C)(C)C)cc1. The minimum Gasteiger partial charge on any atom is -0.407 e. The van der Waals surface area contributed by atoms with Crippen LogP contribution in [0.1, 0.15) is 56.5 Å². The lowest BCUT2D eigenvalue weighted by Gasteiger charge is -2.43. The van der Waals surface area contributed by atoms with Gasteiger partial charge in [0.2, 0.25) is 5.91 Å². The molecule has 2 atom stereocenters. The number of benzene rings is 4. The average Bonchev–Trinajstić information content (AvgIpc) is 3.75. The van der Waals surface area contributed by atoms with Crippen LogP contribution in [-0.4, -0.2) is 31.6 Å². The fraction of sp³-hybridized carbons (Fsp3) is 0.256. The first kappa shape index (κ1) is 30.6. The molecule has 1 aliphatic carbocycles. The molecule has 6 heteroatoms. The van der Waals surface area contributed by atoms with Crippen molar-refractivity contribution < 1.29 is 14.0 Å². The van der Waals surface area contributed by atoms with E-state index in [1.54, 1.807) is 13.1 Å². The molecule has 5 aromatic rings. The maximum Gasteiger partial charge on any atom is 0.261 e. The highest BCUT2D eigenvalue weighted by Gasteiger charge is 2.58. The van der Waals surface area contributed by atoms with Crippen molar-refractivity contribution in [3.8, 4) is 0 Å². The third kappa shape index (κ3) is 5.88. The predicted octanol–water partition coefficient (Wildman–Crippen LogP) is 7.30. The molecule has 0 aliphatic heterocycles. The summed E-state index contributed by atoms with van der Waals surface area (Å²) in [5.41, 5.74) is 2.82. The molecule has 4 aromatic carbocycles. The molecule has 1 aromatic heterocycles. The molecule has 0 spiro atoms. The van der Waals surface area contributed by atoms with Crippen LogP contribution in [0.15, 0.2) is 121 Å². The van der Waals surface area contributed by atoms with E-state index in [0.717, 1.165) is 22.9 Å². The van der Waals surface area contributed by atoms with Crippen molar-refractivity contribution in [2.45, 2.75) is 51.0 Å². The van der Waals surface area contributed by atoms with Crippen molar-refractivity contribution >= 4 is 47.0 Å². The lowest BCUT2D eigenvalue weighted by atomic mass is 9.88. The van der Waals surface area contributed by atoms with Gasteiger partial charge in [-0.1, -0.05) is 124 Å². The summed E-state index contributed by atoms with van der Waals surface area (Å²) < 4.78 is 7.33. The molecule has 228 valence electrons. The van der Waals surface area contributed by atoms with E-state index in [-0.39, 0.29) is 22.6 Å². The molecule has 1 aliphatic rings. The minimum atomic E-state index is -2.74. The molecule has 1 amide bonds. The summed E-state index contributed by atoms with van der Waals surface area (Å²) in [5.74, 6) is 0.106. The molecule has 6 rings (SSSR count). The summed E-state index contributed by atoms with van der Waals surface area (Å²) in [7, 11) is -2.74. The van der Waals surface area contributed by atoms with Gasteiger partial charge in [-0.3, -0.25) is 14.6 Å². The second kappa shape index (κ2) is 12.2. The van der Waals surface area contributed by atoms with Gasteiger partial charge in [-0.2, -0.15) is 0 Å². The van der Waals surface area contributed by atoms with Crippen molar-refractivity contribution in [1.29, 1.82) is 0 Å². The fourth-order valence-corrected chi connectivity index (χ4v) is 11.6. The van der Waals surface area contributed by atoms with Gasteiger partial charge in [-0.25, -0.2) is 0 Å². The van der Waals surface area contributed by atoms with Crippen molar-refractivity contribution in [2.75, 3.05) is 11.9 Å². The number of aromatic nitrogens is 1. The third-order valence-corrected chi connectivity index (χ3v) is 14.4. The second-order valence-corrected chi connectivity index (χ2v) is 17.6. The number of anilines is 1. The Kier molecular flexibility index (Phi) is 8.29. The van der Waals surface area contributed by atoms with Crippen LogP contribution in [0.3, 0.4) is 0 Å². The number of carbonyl (C=O) groups is 2. The monoisotopic (exact) mass is 612 g/mol. The highest BCUT2D eigenvalue weighted by atomic mass is 28.4. The number of hydrogen-bond acceptors (Lipinski definition) is 4. The van der Waals surface area contributed by atoms with Gasteiger partial charge >= 0.3 is 0 Å². The van der Waals surface area contributed by atoms with E-state index in [2.05, 4.69) is 91.7 Å². The normalized spacial score (nSPS) is 18.0. The molecule has 5 nitrogen and oxygen atoms in total. The third-order valence-electron chi connectivity index (χ3n) is 9.40. The molecule has 1 N–H and O–H groups in total. The first-order chi connectivity index (χ1) is 21.6. The van der Waals surface area contributed by atoms with Crippen LogP contribution < -0.4 is 15.7 Å². The molecular formula is C39H40N2O3Si. The van der Waals surface area contributed by atoms with E-state index in [0.29, 0.717) is 24.3 Å². The first-order valence-electron chi connectivity index (χ1n) is 15.6. The molecule has 0 radical (unpaired) electrons. The van der Waals surface area contributed by atoms with E-state index in [9.17, 15) is 9.59 Å². The molecule has 0 bridgehead atoms. The Morgan fingerprint density at radius 2 is 1.47 bits per heavy atom. The number of nitrogens with zero attached hydrogens (tertiary/aromatic N) is 1. The standard InChI is InChI=1S/C39H40N2O3Si/c1-28(42)29-20-22-31(23-21-29)39(26-36(43)41-35-19-11-13-30-14-12-24-40-37(30)35)25-32(39)27-44-45(38(2,3)4,33-15-7-5-8-16-33)34-17-9-6-10-18-34/h5-24,32H,25-27H2,1-4H3,(H,41,43)/t32-,39+/m0/s1. The van der Waals surface area contributed by atoms with Gasteiger partial charge < -0.3 is 9.74 Å². The Balaban J connectivity index is 1.33. The van der Waals surface area contributed by atoms with E-state index < -0.39 is 13.7 Å². The van der Waals surface area contributed by atoms with Crippen molar-refractivity contribution in [1.82, 2.24) is 4.98 Å². The van der Waals surface area contributed by atoms with E-state index in [1.807, 2.05) is 54.6 Å². The number of ketones is 1. The zero-order valence-corrected chi connectivity index (χ0v) is 27.4. The van der Waals surface area contributed by atoms with Gasteiger partial charge in [0.1, 0.15) is 0 Å². The number of fused-ring (bicyclic) bond motifs is 1. The zero-order valence-electron chi connectivity index (χ0n) is 26.4. The van der Waals surface area contributed by atoms with Crippen LogP contribution in [0.4, 0.5) is 5.69 Å². The van der Waals surface area contributed by atoms with E-state index >= 15 is 0 Å². The Hall–Kier alpha value is -4.39. The number of pyridine rings is 1. The van der Waals surface area contributed by atoms with Gasteiger partial charge in [-0.15, -0.1) is 0 Å². The van der Waals surface area contributed by atoms with Crippen LogP contribution in [0.25, 0.3) is 10.9 Å². The summed E-state index contributed by atoms with van der Waals surface area (Å²) in [5, 5.41) is 6.47. The number of hydrogen-bond donors (Lipinski definition) is 1. The topological polar surface area (TPSA) is 68.3 Å². The lowest BCUT2D eigenvalue weighted by Crippen LogP contribution is -2.66. The number of para-hydroxylation sites is 1. The number of carbonyl (C=O) groups excluding carboxylic acids is 2. The van der Waals surface area contributed by atoms with Gasteiger partial charge in [-0.05, 0) is 52.4 Å². The van der Waals surface area contributed by atoms with E-state index in [1.165, 1.54) is 10.4 Å². The molecule has 1 heterocycles. The van der Waals surface area contributed by atoms with Crippen LogP contribution in [0.5, 0.6) is 0 Å². The summed E-state index contributed by atoms with van der Waals surface area (Å²) in [6.45, 7) is 8.96.